The first-order chi connectivity index (χ1) is 8.09. The Labute approximate surface area is 102 Å². The predicted molar refractivity (Wildman–Crippen MR) is 65.2 cm³/mol. The highest BCUT2D eigenvalue weighted by Crippen LogP contribution is 2.35. The average Bonchev–Trinajstić information content (AvgIpc) is 2.29. The summed E-state index contributed by atoms with van der Waals surface area (Å²) >= 11 is 5.81. The first-order valence-corrected chi connectivity index (χ1v) is 5.19. The Morgan fingerprint density at radius 1 is 1.12 bits per heavy atom. The molecule has 0 aliphatic heterocycles. The molecule has 5 heteroatoms. The summed E-state index contributed by atoms with van der Waals surface area (Å²) in [6.07, 6.45) is 0. The number of nitrogens with zero attached hydrogens (tertiary/aromatic N) is 1. The number of benzene rings is 2. The van der Waals surface area contributed by atoms with Crippen LogP contribution in [0.15, 0.2) is 42.5 Å². The molecule has 2 rings (SSSR count). The van der Waals surface area contributed by atoms with Gasteiger partial charge in [-0.25, -0.2) is 0 Å². The molecule has 0 fully saturated rings. The first-order valence-electron chi connectivity index (χ1n) is 4.82. The monoisotopic (exact) mass is 249 g/mol. The van der Waals surface area contributed by atoms with Crippen molar-refractivity contribution in [2.45, 2.75) is 0 Å². The van der Waals surface area contributed by atoms with Crippen molar-refractivity contribution in [3.05, 3.63) is 57.6 Å². The Balaban J connectivity index is 2.63. The molecule has 17 heavy (non-hydrogen) atoms. The highest BCUT2D eigenvalue weighted by molar-refractivity contribution is 6.33. The standard InChI is InChI=1S/C12H8ClNO3/c13-11-3-1-2-10(12(11)14(16)17)8-4-6-9(15)7-5-8/h1-7,15H. The number of para-hydroxylation sites is 1. The van der Waals surface area contributed by atoms with Gasteiger partial charge in [-0.05, 0) is 29.8 Å². The molecule has 0 spiro atoms. The fourth-order valence-electron chi connectivity index (χ4n) is 1.57. The lowest BCUT2D eigenvalue weighted by molar-refractivity contribution is -0.384. The van der Waals surface area contributed by atoms with E-state index in [1.807, 2.05) is 0 Å². The van der Waals surface area contributed by atoms with Crippen LogP contribution in [0.1, 0.15) is 0 Å². The van der Waals surface area contributed by atoms with Crippen molar-refractivity contribution in [1.82, 2.24) is 0 Å². The summed E-state index contributed by atoms with van der Waals surface area (Å²) in [4.78, 5) is 10.4. The lowest BCUT2D eigenvalue weighted by Gasteiger charge is -2.04. The van der Waals surface area contributed by atoms with Gasteiger partial charge in [-0.15, -0.1) is 0 Å². The second kappa shape index (κ2) is 4.43. The fourth-order valence-corrected chi connectivity index (χ4v) is 1.82. The molecule has 0 amide bonds. The van der Waals surface area contributed by atoms with Crippen LogP contribution in [0.25, 0.3) is 11.1 Å². The molecule has 4 nitrogen and oxygen atoms in total. The fraction of sp³-hybridized carbons (Fsp3) is 0. The van der Waals surface area contributed by atoms with Crippen LogP contribution >= 0.6 is 11.6 Å². The number of phenolic OH excluding ortho intramolecular Hbond substituents is 1. The summed E-state index contributed by atoms with van der Waals surface area (Å²) in [6, 6.07) is 10.9. The minimum absolute atomic E-state index is 0.0978. The quantitative estimate of drug-likeness (QED) is 0.653. The van der Waals surface area contributed by atoms with Gasteiger partial charge in [0.05, 0.1) is 10.5 Å². The minimum Gasteiger partial charge on any atom is -0.508 e. The SMILES string of the molecule is O=[N+]([O-])c1c(Cl)cccc1-c1ccc(O)cc1. The summed E-state index contributed by atoms with van der Waals surface area (Å²) in [5.41, 5.74) is 0.944. The van der Waals surface area contributed by atoms with E-state index in [1.165, 1.54) is 18.2 Å². The van der Waals surface area contributed by atoms with Gasteiger partial charge in [0.2, 0.25) is 0 Å². The maximum Gasteiger partial charge on any atom is 0.295 e. The van der Waals surface area contributed by atoms with Crippen LogP contribution in [0.4, 0.5) is 5.69 Å². The van der Waals surface area contributed by atoms with E-state index in [-0.39, 0.29) is 16.5 Å². The van der Waals surface area contributed by atoms with Crippen LogP contribution in [0, 0.1) is 10.1 Å². The molecule has 0 unspecified atom stereocenters. The molecule has 0 aromatic heterocycles. The van der Waals surface area contributed by atoms with Gasteiger partial charge in [-0.3, -0.25) is 10.1 Å². The molecule has 0 atom stereocenters. The van der Waals surface area contributed by atoms with Gasteiger partial charge in [-0.1, -0.05) is 29.8 Å². The topological polar surface area (TPSA) is 63.4 Å². The molecular formula is C12H8ClNO3. The van der Waals surface area contributed by atoms with Crippen molar-refractivity contribution in [2.24, 2.45) is 0 Å². The van der Waals surface area contributed by atoms with Crippen molar-refractivity contribution >= 4 is 17.3 Å². The molecule has 0 bridgehead atoms. The van der Waals surface area contributed by atoms with Crippen molar-refractivity contribution in [3.63, 3.8) is 0 Å². The molecule has 0 saturated carbocycles. The Bertz CT molecular complexity index is 566. The van der Waals surface area contributed by atoms with Crippen LogP contribution in [0.5, 0.6) is 5.75 Å². The van der Waals surface area contributed by atoms with Crippen molar-refractivity contribution < 1.29 is 10.0 Å². The third-order valence-electron chi connectivity index (χ3n) is 2.35. The number of aromatic hydroxyl groups is 1. The van der Waals surface area contributed by atoms with E-state index in [0.29, 0.717) is 11.1 Å². The summed E-state index contributed by atoms with van der Waals surface area (Å²) in [5.74, 6) is 0.110. The van der Waals surface area contributed by atoms with Gasteiger partial charge in [0.15, 0.2) is 0 Å². The number of halogens is 1. The molecular weight excluding hydrogens is 242 g/mol. The summed E-state index contributed by atoms with van der Waals surface area (Å²) in [7, 11) is 0. The molecule has 0 aliphatic rings. The molecule has 86 valence electrons. The third kappa shape index (κ3) is 2.21. The van der Waals surface area contributed by atoms with Crippen molar-refractivity contribution in [1.29, 1.82) is 0 Å². The van der Waals surface area contributed by atoms with Gasteiger partial charge >= 0.3 is 0 Å². The number of phenols is 1. The number of rotatable bonds is 2. The summed E-state index contributed by atoms with van der Waals surface area (Å²) in [5, 5.41) is 20.2. The maximum atomic E-state index is 11.0. The second-order valence-electron chi connectivity index (χ2n) is 3.44. The Kier molecular flexibility index (Phi) is 2.97. The molecule has 2 aromatic rings. The molecule has 2 aromatic carbocycles. The molecule has 0 saturated heterocycles. The number of nitro benzene ring substituents is 1. The van der Waals surface area contributed by atoms with E-state index in [0.717, 1.165) is 0 Å². The first kappa shape index (κ1) is 11.4. The second-order valence-corrected chi connectivity index (χ2v) is 3.85. The lowest BCUT2D eigenvalue weighted by atomic mass is 10.0. The van der Waals surface area contributed by atoms with E-state index >= 15 is 0 Å². The highest BCUT2D eigenvalue weighted by Gasteiger charge is 2.19. The number of hydrogen-bond acceptors (Lipinski definition) is 3. The minimum atomic E-state index is -0.509. The largest absolute Gasteiger partial charge is 0.508 e. The van der Waals surface area contributed by atoms with Crippen LogP contribution in [-0.2, 0) is 0 Å². The van der Waals surface area contributed by atoms with Gasteiger partial charge in [0.25, 0.3) is 5.69 Å². The van der Waals surface area contributed by atoms with E-state index in [1.54, 1.807) is 24.3 Å². The summed E-state index contributed by atoms with van der Waals surface area (Å²) in [6.45, 7) is 0. The maximum absolute atomic E-state index is 11.0. The van der Waals surface area contributed by atoms with Crippen LogP contribution in [0.3, 0.4) is 0 Å². The van der Waals surface area contributed by atoms with Crippen LogP contribution < -0.4 is 0 Å². The molecule has 0 heterocycles. The Morgan fingerprint density at radius 2 is 1.76 bits per heavy atom. The normalized spacial score (nSPS) is 10.2. The number of nitro groups is 1. The van der Waals surface area contributed by atoms with E-state index in [4.69, 9.17) is 11.6 Å². The van der Waals surface area contributed by atoms with Gasteiger partial charge in [0.1, 0.15) is 10.8 Å². The van der Waals surface area contributed by atoms with Crippen LogP contribution in [-0.4, -0.2) is 10.0 Å². The highest BCUT2D eigenvalue weighted by atomic mass is 35.5. The average molecular weight is 250 g/mol. The predicted octanol–water partition coefficient (Wildman–Crippen LogP) is 3.62. The molecule has 0 radical (unpaired) electrons. The zero-order valence-electron chi connectivity index (χ0n) is 8.63. The van der Waals surface area contributed by atoms with Gasteiger partial charge < -0.3 is 5.11 Å². The Hall–Kier alpha value is -2.07. The van der Waals surface area contributed by atoms with E-state index in [2.05, 4.69) is 0 Å². The Morgan fingerprint density at radius 3 is 2.35 bits per heavy atom. The zero-order chi connectivity index (χ0) is 12.4. The third-order valence-corrected chi connectivity index (χ3v) is 2.65. The lowest BCUT2D eigenvalue weighted by Crippen LogP contribution is -1.92. The summed E-state index contributed by atoms with van der Waals surface area (Å²) < 4.78 is 0. The van der Waals surface area contributed by atoms with Crippen LogP contribution in [0.2, 0.25) is 5.02 Å². The smallest absolute Gasteiger partial charge is 0.295 e. The van der Waals surface area contributed by atoms with Crippen molar-refractivity contribution in [3.8, 4) is 16.9 Å². The van der Waals surface area contributed by atoms with Gasteiger partial charge in [-0.2, -0.15) is 0 Å². The van der Waals surface area contributed by atoms with E-state index < -0.39 is 4.92 Å². The zero-order valence-corrected chi connectivity index (χ0v) is 9.39. The molecule has 1 N–H and O–H groups in total. The van der Waals surface area contributed by atoms with Crippen molar-refractivity contribution in [2.75, 3.05) is 0 Å². The number of hydrogen-bond donors (Lipinski definition) is 1. The van der Waals surface area contributed by atoms with Gasteiger partial charge in [0, 0.05) is 0 Å². The molecule has 0 aliphatic carbocycles. The van der Waals surface area contributed by atoms with E-state index in [9.17, 15) is 15.2 Å².